The maximum Gasteiger partial charge on any atom is 0.266 e. The molecule has 2 aromatic heterocycles. The van der Waals surface area contributed by atoms with Crippen LogP contribution in [0.3, 0.4) is 0 Å². The predicted molar refractivity (Wildman–Crippen MR) is 110 cm³/mol. The fourth-order valence-corrected chi connectivity index (χ4v) is 4.81. The van der Waals surface area contributed by atoms with Gasteiger partial charge in [0.2, 0.25) is 0 Å². The average Bonchev–Trinajstić information content (AvgIpc) is 2.94. The minimum atomic E-state index is 0.0592. The second-order valence-electron chi connectivity index (χ2n) is 7.79. The summed E-state index contributed by atoms with van der Waals surface area (Å²) in [6, 6.07) is 8.46. The van der Waals surface area contributed by atoms with E-state index in [-0.39, 0.29) is 5.91 Å². The second-order valence-corrected chi connectivity index (χ2v) is 8.79. The molecule has 4 nitrogen and oxygen atoms in total. The van der Waals surface area contributed by atoms with Crippen molar-refractivity contribution in [3.8, 4) is 0 Å². The minimum absolute atomic E-state index is 0.0592. The molecule has 4 rings (SSSR count). The Morgan fingerprint density at radius 2 is 2.15 bits per heavy atom. The SMILES string of the molecule is CC(C)c1ccc2nc3sc(C(=O)N4CCC[C@H](C)C4)c(N)c3cc2c1. The Morgan fingerprint density at radius 3 is 2.88 bits per heavy atom. The number of rotatable bonds is 2. The van der Waals surface area contributed by atoms with Crippen molar-refractivity contribution in [2.24, 2.45) is 5.92 Å². The molecule has 1 fully saturated rings. The van der Waals surface area contributed by atoms with Gasteiger partial charge >= 0.3 is 0 Å². The summed E-state index contributed by atoms with van der Waals surface area (Å²) < 4.78 is 0. The molecule has 1 aromatic carbocycles. The average molecular weight is 368 g/mol. The van der Waals surface area contributed by atoms with E-state index in [0.717, 1.165) is 40.6 Å². The number of carbonyl (C=O) groups is 1. The van der Waals surface area contributed by atoms with Crippen molar-refractivity contribution in [2.45, 2.75) is 39.5 Å². The number of pyridine rings is 1. The number of nitrogens with two attached hydrogens (primary N) is 1. The molecule has 0 bridgehead atoms. The van der Waals surface area contributed by atoms with E-state index < -0.39 is 0 Å². The number of piperidine rings is 1. The molecule has 1 atom stereocenters. The van der Waals surface area contributed by atoms with Gasteiger partial charge in [-0.15, -0.1) is 11.3 Å². The number of thiophene rings is 1. The van der Waals surface area contributed by atoms with Gasteiger partial charge in [-0.1, -0.05) is 26.8 Å². The Kier molecular flexibility index (Phi) is 4.35. The van der Waals surface area contributed by atoms with Crippen LogP contribution in [0.2, 0.25) is 0 Å². The van der Waals surface area contributed by atoms with Crippen molar-refractivity contribution in [1.82, 2.24) is 9.88 Å². The molecule has 0 unspecified atom stereocenters. The summed E-state index contributed by atoms with van der Waals surface area (Å²) in [5.41, 5.74) is 9.21. The van der Waals surface area contributed by atoms with Crippen LogP contribution in [0.1, 0.15) is 54.8 Å². The first kappa shape index (κ1) is 17.3. The highest BCUT2D eigenvalue weighted by atomic mass is 32.1. The fourth-order valence-electron chi connectivity index (χ4n) is 3.76. The van der Waals surface area contributed by atoms with Gasteiger partial charge < -0.3 is 10.6 Å². The summed E-state index contributed by atoms with van der Waals surface area (Å²) in [5.74, 6) is 1.08. The molecule has 1 saturated heterocycles. The van der Waals surface area contributed by atoms with E-state index >= 15 is 0 Å². The summed E-state index contributed by atoms with van der Waals surface area (Å²) in [7, 11) is 0. The molecule has 0 saturated carbocycles. The van der Waals surface area contributed by atoms with Crippen LogP contribution in [-0.2, 0) is 0 Å². The molecular formula is C21H25N3OS. The Bertz CT molecular complexity index is 992. The quantitative estimate of drug-likeness (QED) is 0.691. The van der Waals surface area contributed by atoms with E-state index in [1.807, 2.05) is 4.90 Å². The molecule has 0 radical (unpaired) electrons. The Hall–Kier alpha value is -2.14. The number of hydrogen-bond donors (Lipinski definition) is 1. The zero-order valence-corrected chi connectivity index (χ0v) is 16.4. The standard InChI is InChI=1S/C21H25N3OS/c1-12(2)14-6-7-17-15(9-14)10-16-18(22)19(26-20(16)23-17)21(25)24-8-4-5-13(3)11-24/h6-7,9-10,12-13H,4-5,8,11,22H2,1-3H3/t13-/m0/s1. The van der Waals surface area contributed by atoms with E-state index in [1.165, 1.54) is 23.3 Å². The smallest absolute Gasteiger partial charge is 0.266 e. The molecule has 0 aliphatic carbocycles. The lowest BCUT2D eigenvalue weighted by atomic mass is 10.00. The van der Waals surface area contributed by atoms with Gasteiger partial charge in [-0.2, -0.15) is 0 Å². The maximum atomic E-state index is 13.0. The van der Waals surface area contributed by atoms with E-state index in [2.05, 4.69) is 45.0 Å². The van der Waals surface area contributed by atoms with E-state index in [4.69, 9.17) is 10.7 Å². The highest BCUT2D eigenvalue weighted by Gasteiger charge is 2.26. The lowest BCUT2D eigenvalue weighted by Gasteiger charge is -2.30. The molecule has 1 amide bonds. The number of anilines is 1. The molecule has 0 spiro atoms. The number of likely N-dealkylation sites (tertiary alicyclic amines) is 1. The third-order valence-corrected chi connectivity index (χ3v) is 6.45. The van der Waals surface area contributed by atoms with Crippen molar-refractivity contribution in [3.05, 3.63) is 34.7 Å². The third-order valence-electron chi connectivity index (χ3n) is 5.34. The van der Waals surface area contributed by atoms with Gasteiger partial charge in [-0.25, -0.2) is 4.98 Å². The molecule has 1 aliphatic heterocycles. The second kappa shape index (κ2) is 6.54. The van der Waals surface area contributed by atoms with Crippen molar-refractivity contribution in [3.63, 3.8) is 0 Å². The number of hydrogen-bond acceptors (Lipinski definition) is 4. The van der Waals surface area contributed by atoms with Crippen molar-refractivity contribution in [2.75, 3.05) is 18.8 Å². The number of carbonyl (C=O) groups excluding carboxylic acids is 1. The zero-order valence-electron chi connectivity index (χ0n) is 15.6. The first-order chi connectivity index (χ1) is 12.4. The monoisotopic (exact) mass is 367 g/mol. The lowest BCUT2D eigenvalue weighted by molar-refractivity contribution is 0.0689. The van der Waals surface area contributed by atoms with Gasteiger partial charge in [0.1, 0.15) is 9.71 Å². The van der Waals surface area contributed by atoms with Crippen LogP contribution >= 0.6 is 11.3 Å². The number of aromatic nitrogens is 1. The lowest BCUT2D eigenvalue weighted by Crippen LogP contribution is -2.38. The summed E-state index contributed by atoms with van der Waals surface area (Å²) in [5, 5.41) is 1.98. The Morgan fingerprint density at radius 1 is 1.35 bits per heavy atom. The number of benzene rings is 1. The first-order valence-corrected chi connectivity index (χ1v) is 10.2. The first-order valence-electron chi connectivity index (χ1n) is 9.36. The van der Waals surface area contributed by atoms with Gasteiger partial charge in [0.05, 0.1) is 11.2 Å². The molecule has 3 heterocycles. The molecule has 1 aliphatic rings. The van der Waals surface area contributed by atoms with Gasteiger partial charge in [0, 0.05) is 23.9 Å². The Balaban J connectivity index is 1.78. The summed E-state index contributed by atoms with van der Waals surface area (Å²) in [6.45, 7) is 8.21. The number of nitrogens with zero attached hydrogens (tertiary/aromatic N) is 2. The van der Waals surface area contributed by atoms with Gasteiger partial charge in [0.15, 0.2) is 0 Å². The van der Waals surface area contributed by atoms with Crippen LogP contribution in [-0.4, -0.2) is 28.9 Å². The summed E-state index contributed by atoms with van der Waals surface area (Å²) in [6.07, 6.45) is 2.26. The normalized spacial score (nSPS) is 18.2. The minimum Gasteiger partial charge on any atom is -0.397 e. The highest BCUT2D eigenvalue weighted by molar-refractivity contribution is 7.21. The van der Waals surface area contributed by atoms with Crippen LogP contribution in [0.5, 0.6) is 0 Å². The molecule has 136 valence electrons. The van der Waals surface area contributed by atoms with Crippen LogP contribution in [0, 0.1) is 5.92 Å². The van der Waals surface area contributed by atoms with Gasteiger partial charge in [-0.05, 0) is 48.4 Å². The van der Waals surface area contributed by atoms with Gasteiger partial charge in [0.25, 0.3) is 5.91 Å². The van der Waals surface area contributed by atoms with Crippen LogP contribution < -0.4 is 5.73 Å². The number of fused-ring (bicyclic) bond motifs is 2. The topological polar surface area (TPSA) is 59.2 Å². The maximum absolute atomic E-state index is 13.0. The molecular weight excluding hydrogens is 342 g/mol. The fraction of sp³-hybridized carbons (Fsp3) is 0.429. The van der Waals surface area contributed by atoms with Crippen LogP contribution in [0.25, 0.3) is 21.1 Å². The Labute approximate surface area is 158 Å². The molecule has 26 heavy (non-hydrogen) atoms. The predicted octanol–water partition coefficient (Wildman–Crippen LogP) is 5.03. The summed E-state index contributed by atoms with van der Waals surface area (Å²) >= 11 is 1.42. The number of amides is 1. The van der Waals surface area contributed by atoms with Crippen LogP contribution in [0.15, 0.2) is 24.3 Å². The third kappa shape index (κ3) is 2.94. The number of nitrogen functional groups attached to an aromatic ring is 1. The van der Waals surface area contributed by atoms with E-state index in [0.29, 0.717) is 22.4 Å². The summed E-state index contributed by atoms with van der Waals surface area (Å²) in [4.78, 5) is 21.2. The largest absolute Gasteiger partial charge is 0.397 e. The highest BCUT2D eigenvalue weighted by Crippen LogP contribution is 2.36. The van der Waals surface area contributed by atoms with Crippen molar-refractivity contribution >= 4 is 44.1 Å². The molecule has 5 heteroatoms. The van der Waals surface area contributed by atoms with Crippen LogP contribution in [0.4, 0.5) is 5.69 Å². The molecule has 2 N–H and O–H groups in total. The molecule has 3 aromatic rings. The van der Waals surface area contributed by atoms with Crippen molar-refractivity contribution < 1.29 is 4.79 Å². The van der Waals surface area contributed by atoms with Crippen molar-refractivity contribution in [1.29, 1.82) is 0 Å². The van der Waals surface area contributed by atoms with E-state index in [1.54, 1.807) is 0 Å². The zero-order chi connectivity index (χ0) is 18.4. The van der Waals surface area contributed by atoms with E-state index in [9.17, 15) is 4.79 Å². The van der Waals surface area contributed by atoms with Gasteiger partial charge in [-0.3, -0.25) is 4.79 Å².